The molecule has 16 nitrogen and oxygen atoms in total. The number of aliphatic hydroxyl groups excluding tert-OH is 4. The van der Waals surface area contributed by atoms with Crippen LogP contribution in [-0.2, 0) is 41.7 Å². The molecule has 4 heterocycles. The van der Waals surface area contributed by atoms with Crippen molar-refractivity contribution >= 4 is 66.3 Å². The number of nitrogens with zero attached hydrogens (tertiary/aromatic N) is 5. The molecule has 0 saturated carbocycles. The second-order valence-corrected chi connectivity index (χ2v) is 26.3. The number of azide groups is 1. The minimum Gasteiger partial charge on any atom is -0.457 e. The number of ketones is 2. The number of rotatable bonds is 7. The van der Waals surface area contributed by atoms with Crippen LogP contribution < -0.4 is 5.73 Å². The van der Waals surface area contributed by atoms with Gasteiger partial charge in [-0.3, -0.25) is 19.2 Å². The van der Waals surface area contributed by atoms with Gasteiger partial charge in [0.1, 0.15) is 28.8 Å². The van der Waals surface area contributed by atoms with E-state index in [9.17, 15) is 39.6 Å². The van der Waals surface area contributed by atoms with E-state index in [1.165, 1.54) is 22.7 Å². The molecule has 0 amide bonds. The molecule has 422 valence electrons. The molecule has 2 aliphatic rings. The molecule has 2 aromatic heterocycles. The summed E-state index contributed by atoms with van der Waals surface area (Å²) in [6.07, 6.45) is 11.6. The number of cyclic esters (lactones) is 2. The smallest absolute Gasteiger partial charge is 0.309 e. The van der Waals surface area contributed by atoms with Crippen molar-refractivity contribution in [3.8, 4) is 0 Å². The van der Waals surface area contributed by atoms with Gasteiger partial charge in [0.25, 0.3) is 0 Å². The minimum atomic E-state index is -1.27. The van der Waals surface area contributed by atoms with E-state index in [-0.39, 0.29) is 42.8 Å². The van der Waals surface area contributed by atoms with E-state index >= 15 is 0 Å². The van der Waals surface area contributed by atoms with Crippen molar-refractivity contribution in [3.63, 3.8) is 0 Å². The Labute approximate surface area is 461 Å². The van der Waals surface area contributed by atoms with E-state index in [2.05, 4.69) is 40.0 Å². The number of esters is 2. The predicted molar refractivity (Wildman–Crippen MR) is 308 cm³/mol. The summed E-state index contributed by atoms with van der Waals surface area (Å²) in [5, 5.41) is 51.9. The van der Waals surface area contributed by atoms with Crippen LogP contribution in [0.4, 0.5) is 0 Å². The summed E-state index contributed by atoms with van der Waals surface area (Å²) in [4.78, 5) is 63.7. The fourth-order valence-corrected chi connectivity index (χ4v) is 9.56. The van der Waals surface area contributed by atoms with Crippen molar-refractivity contribution in [3.05, 3.63) is 101 Å². The molecule has 76 heavy (non-hydrogen) atoms. The van der Waals surface area contributed by atoms with Gasteiger partial charge in [-0.25, -0.2) is 9.97 Å². The highest BCUT2D eigenvalue weighted by Crippen LogP contribution is 2.34. The third-order valence-corrected chi connectivity index (χ3v) is 15.3. The van der Waals surface area contributed by atoms with Crippen molar-refractivity contribution in [2.24, 2.45) is 45.3 Å². The maximum Gasteiger partial charge on any atom is 0.309 e. The summed E-state index contributed by atoms with van der Waals surface area (Å²) in [5.74, 6) is -3.71. The van der Waals surface area contributed by atoms with Gasteiger partial charge in [0.05, 0.1) is 71.0 Å². The Hall–Kier alpha value is -4.48. The number of carbonyl (C=O) groups excluding carboxylic acids is 4. The lowest BCUT2D eigenvalue weighted by molar-refractivity contribution is -0.155. The molecule has 2 aromatic rings. The van der Waals surface area contributed by atoms with Gasteiger partial charge in [-0.2, -0.15) is 0 Å². The Morgan fingerprint density at radius 3 is 1.46 bits per heavy atom. The lowest BCUT2D eigenvalue weighted by Gasteiger charge is -2.34. The second-order valence-electron chi connectivity index (χ2n) is 21.7. The van der Waals surface area contributed by atoms with Crippen LogP contribution in [0, 0.1) is 34.5 Å². The summed E-state index contributed by atoms with van der Waals surface area (Å²) < 4.78 is 11.6. The highest BCUT2D eigenvalue weighted by Gasteiger charge is 2.43. The third kappa shape index (κ3) is 22.1. The monoisotopic (exact) mass is 1110 g/mol. The molecule has 0 aliphatic carbocycles. The average molecular weight is 1110 g/mol. The quantitative estimate of drug-likeness (QED) is 0.0432. The molecule has 10 atom stereocenters. The number of hydrogen-bond acceptors (Lipinski definition) is 16. The average Bonchev–Trinajstić information content (AvgIpc) is 4.02. The van der Waals surface area contributed by atoms with Crippen LogP contribution in [0.15, 0.2) is 74.6 Å². The maximum atomic E-state index is 13.2. The first-order chi connectivity index (χ1) is 35.5. The van der Waals surface area contributed by atoms with Crippen molar-refractivity contribution in [1.82, 2.24) is 9.97 Å². The van der Waals surface area contributed by atoms with Crippen LogP contribution in [0.3, 0.4) is 0 Å². The normalized spacial score (nSPS) is 30.1. The Morgan fingerprint density at radius 1 is 0.737 bits per heavy atom. The van der Waals surface area contributed by atoms with Gasteiger partial charge in [-0.1, -0.05) is 108 Å². The van der Waals surface area contributed by atoms with Gasteiger partial charge < -0.3 is 35.6 Å². The number of aliphatic hydroxyl groups is 4. The number of Topliss-reactive ketones (excluding diaryl/α,β-unsaturated/α-hetero) is 2. The molecule has 0 unspecified atom stereocenters. The van der Waals surface area contributed by atoms with Gasteiger partial charge in [0.15, 0.2) is 0 Å². The van der Waals surface area contributed by atoms with Crippen LogP contribution in [0.25, 0.3) is 22.6 Å². The first-order valence-electron chi connectivity index (χ1n) is 25.9. The van der Waals surface area contributed by atoms with Crippen molar-refractivity contribution in [2.45, 2.75) is 171 Å². The van der Waals surface area contributed by atoms with E-state index in [4.69, 9.17) is 20.7 Å². The van der Waals surface area contributed by atoms with Crippen LogP contribution in [-0.4, -0.2) is 111 Å². The van der Waals surface area contributed by atoms with Crippen LogP contribution in [0.2, 0.25) is 0 Å². The number of hydrogen-bond donors (Lipinski definition) is 5. The molecule has 4 rings (SSSR count). The molecule has 0 bridgehead atoms. The molecule has 2 aliphatic heterocycles. The summed E-state index contributed by atoms with van der Waals surface area (Å²) >= 11 is 2.85. The number of carbonyl (C=O) groups is 4. The molecule has 0 spiro atoms. The highest BCUT2D eigenvalue weighted by molar-refractivity contribution is 7.55. The van der Waals surface area contributed by atoms with Crippen molar-refractivity contribution in [2.75, 3.05) is 20.0 Å². The van der Waals surface area contributed by atoms with E-state index in [0.717, 1.165) is 33.0 Å². The molecule has 0 aromatic carbocycles. The zero-order chi connectivity index (χ0) is 57.7. The number of aromatic nitrogens is 2. The van der Waals surface area contributed by atoms with Gasteiger partial charge in [-0.15, -0.1) is 30.6 Å². The molecule has 0 radical (unpaired) electrons. The van der Waals surface area contributed by atoms with E-state index < -0.39 is 71.2 Å². The van der Waals surface area contributed by atoms with Gasteiger partial charge >= 0.3 is 11.9 Å². The summed E-state index contributed by atoms with van der Waals surface area (Å²) in [6, 6.07) is 0. The van der Waals surface area contributed by atoms with Crippen LogP contribution in [0.1, 0.15) is 143 Å². The standard InChI is InChI=1S/C27H38N4O5S.C27H40N2O5S.C3H9P/c1-16-8-7-9-17(2)25(34)19(4)26(35)27(5,6)22(32)13-24(33)36-21(11-10-16)18(3)12-20-15-37-23(30-20)14-29-31-28;1-16-8-7-9-17(2)25(32)19(4)26(33)27(5,6)22(30)13-24(31)34-21(11-10-16)18(3)12-20-15-35-23(14-28)29-20;1-4(2)3/h7,9-10,12,15,17,19,21-22,25,32,34H,8,11,13-14H2,1-6H3;7,9-10,12,15,17,19,21-22,25,30,32H,8,11,13-14,28H2,1-6H3;1-3H3/b2*9-7+,16-10-,18-12+;/t2*17-,19+,21-,22-,25-;/m00./s1. The highest BCUT2D eigenvalue weighted by atomic mass is 32.1. The summed E-state index contributed by atoms with van der Waals surface area (Å²) in [7, 11) is 0.380. The zero-order valence-electron chi connectivity index (χ0n) is 47.5. The molecular formula is C57H87N6O10PS2. The molecule has 0 fully saturated rings. The number of ether oxygens (including phenoxy) is 2. The zero-order valence-corrected chi connectivity index (χ0v) is 50.0. The van der Waals surface area contributed by atoms with Gasteiger partial charge in [0.2, 0.25) is 0 Å². The molecular weight excluding hydrogens is 1020 g/mol. The van der Waals surface area contributed by atoms with Crippen LogP contribution >= 0.6 is 30.6 Å². The molecule has 6 N–H and O–H groups in total. The first kappa shape index (κ1) is 67.6. The van der Waals surface area contributed by atoms with Gasteiger partial charge in [-0.05, 0) is 89.4 Å². The SMILES string of the molecule is C/C1=C/C[C@@H](/C(C)=C/c2csc(CN)n2)OC(=O)C[C@H](O)C(C)(C)C(=O)[C@H](C)[C@@H](O)[C@@H](C)/C=C/C1.C/C1=C/C[C@@H](/C(C)=C/c2csc(CN=[N+]=[N-])n2)OC(=O)C[C@H](O)C(C)(C)C(=O)[C@H](C)[C@@H](O)[C@@H](C)/C=C/C1.CP(C)C. The summed E-state index contributed by atoms with van der Waals surface area (Å²) in [5.41, 5.74) is 16.9. The number of nitrogens with two attached hydrogens (primary N) is 1. The molecule has 0 saturated heterocycles. The Balaban J connectivity index is 0.000000486. The van der Waals surface area contributed by atoms with E-state index in [1.54, 1.807) is 41.5 Å². The minimum absolute atomic E-state index is 0.169. The van der Waals surface area contributed by atoms with Crippen molar-refractivity contribution in [1.29, 1.82) is 0 Å². The van der Waals surface area contributed by atoms with Gasteiger partial charge in [0, 0.05) is 58.7 Å². The van der Waals surface area contributed by atoms with Crippen molar-refractivity contribution < 1.29 is 49.1 Å². The fourth-order valence-electron chi connectivity index (χ4n) is 8.26. The second kappa shape index (κ2) is 32.4. The largest absolute Gasteiger partial charge is 0.457 e. The topological polar surface area (TPSA) is 268 Å². The third-order valence-electron chi connectivity index (χ3n) is 13.6. The maximum absolute atomic E-state index is 13.2. The van der Waals surface area contributed by atoms with Crippen LogP contribution in [0.5, 0.6) is 0 Å². The Kier molecular flexibility index (Phi) is 28.9. The first-order valence-corrected chi connectivity index (χ1v) is 30.3. The van der Waals surface area contributed by atoms with E-state index in [0.29, 0.717) is 50.9 Å². The number of allylic oxidation sites excluding steroid dienone is 4. The van der Waals surface area contributed by atoms with E-state index in [1.807, 2.05) is 101 Å². The lowest BCUT2D eigenvalue weighted by atomic mass is 9.73. The number of thiazole rings is 2. The Morgan fingerprint density at radius 2 is 1.11 bits per heavy atom. The summed E-state index contributed by atoms with van der Waals surface area (Å²) in [6.45, 7) is 28.4. The fraction of sp³-hybridized carbons (Fsp3) is 0.614. The lowest BCUT2D eigenvalue weighted by Crippen LogP contribution is -2.45. The predicted octanol–water partition coefficient (Wildman–Crippen LogP) is 11.1. The molecule has 19 heteroatoms. The Bertz CT molecular complexity index is 2460.